The van der Waals surface area contributed by atoms with Gasteiger partial charge in [-0.2, -0.15) is 0 Å². The molecule has 22 aromatic rings. The highest BCUT2D eigenvalue weighted by Gasteiger charge is 2.47. The summed E-state index contributed by atoms with van der Waals surface area (Å²) in [6, 6.07) is 149. The van der Waals surface area contributed by atoms with Crippen LogP contribution in [0.25, 0.3) is 132 Å². The molecule has 642 valence electrons. The number of furan rings is 2. The van der Waals surface area contributed by atoms with Gasteiger partial charge in [0, 0.05) is 106 Å². The second-order valence-electron chi connectivity index (χ2n) is 40.4. The van der Waals surface area contributed by atoms with Gasteiger partial charge in [0.05, 0.1) is 55.6 Å². The van der Waals surface area contributed by atoms with Crippen molar-refractivity contribution in [2.24, 2.45) is 0 Å². The van der Waals surface area contributed by atoms with Crippen LogP contribution in [0.2, 0.25) is 0 Å². The van der Waals surface area contributed by atoms with Crippen molar-refractivity contribution in [3.8, 4) is 44.8 Å². The molecule has 6 heterocycles. The lowest BCUT2D eigenvalue weighted by Crippen LogP contribution is -2.61. The minimum Gasteiger partial charge on any atom is -0.456 e. The highest BCUT2D eigenvalue weighted by molar-refractivity contribution is 7.00. The van der Waals surface area contributed by atoms with Gasteiger partial charge in [0.25, 0.3) is 6.71 Å². The van der Waals surface area contributed by atoms with E-state index < -0.39 is 6.71 Å². The van der Waals surface area contributed by atoms with Gasteiger partial charge >= 0.3 is 0 Å². The molecule has 24 rings (SSSR count). The summed E-state index contributed by atoms with van der Waals surface area (Å²) in [4.78, 5) is 10.4. The van der Waals surface area contributed by atoms with E-state index in [2.05, 4.69) is 506 Å². The van der Waals surface area contributed by atoms with E-state index in [0.29, 0.717) is 0 Å². The first-order valence-corrected chi connectivity index (χ1v) is 46.7. The number of hydrogen-bond donors (Lipinski definition) is 0. The first kappa shape index (κ1) is 80.7. The molecule has 0 N–H and O–H groups in total. The van der Waals surface area contributed by atoms with E-state index in [0.717, 1.165) is 195 Å². The van der Waals surface area contributed by atoms with Crippen molar-refractivity contribution in [1.82, 2.24) is 9.13 Å². The Morgan fingerprint density at radius 2 is 0.534 bits per heavy atom. The van der Waals surface area contributed by atoms with Crippen LogP contribution in [0.4, 0.5) is 68.2 Å². The highest BCUT2D eigenvalue weighted by atomic mass is 16.3. The van der Waals surface area contributed by atoms with Crippen molar-refractivity contribution in [3.63, 3.8) is 0 Å². The topological polar surface area (TPSA) is 49.1 Å². The third-order valence-electron chi connectivity index (χ3n) is 28.1. The van der Waals surface area contributed by atoms with Crippen LogP contribution in [0.1, 0.15) is 105 Å². The second kappa shape index (κ2) is 30.5. The van der Waals surface area contributed by atoms with Crippen molar-refractivity contribution in [1.29, 1.82) is 0 Å². The Morgan fingerprint density at radius 3 is 0.865 bits per heavy atom. The van der Waals surface area contributed by atoms with E-state index in [1.54, 1.807) is 0 Å². The molecule has 8 nitrogen and oxygen atoms in total. The monoisotopic (exact) mass is 1720 g/mol. The zero-order valence-electron chi connectivity index (χ0n) is 77.1. The summed E-state index contributed by atoms with van der Waals surface area (Å²) in [5, 5.41) is 8.70. The van der Waals surface area contributed by atoms with Gasteiger partial charge in [0.1, 0.15) is 22.3 Å². The third-order valence-corrected chi connectivity index (χ3v) is 28.1. The van der Waals surface area contributed by atoms with Crippen LogP contribution in [0.5, 0.6) is 0 Å². The van der Waals surface area contributed by atoms with Crippen LogP contribution in [0.15, 0.2) is 403 Å². The van der Waals surface area contributed by atoms with E-state index in [4.69, 9.17) is 8.83 Å². The van der Waals surface area contributed by atoms with Crippen molar-refractivity contribution >= 4 is 179 Å². The molecule has 0 fully saturated rings. The van der Waals surface area contributed by atoms with Crippen LogP contribution in [-0.2, 0) is 21.7 Å². The standard InChI is InChI=1S/C124H101BN6O2/c1-121(2,3)81-50-58-85(59-51-81)126(86-60-52-82(53-61-86)122(4,5)6)89-66-70-99-107(76-89)130(119-91(78-32-15-13-16-33-78)68-72-113-116(119)97-40-23-29-48-111(97)132-113)109-74-80(115-105(128-101-42-25-19-36-93(101)94-37-20-26-43-102(94)128)46-31-47-106(115)129-103-44-27-21-38-95(103)96-39-22-28-45-104(96)129)75-110-118(109)125(99)100-71-67-90(127(87-62-54-83(55-63-87)123(7,8)9)88-64-56-84(57-65-88)124(10,11)12)77-108(100)131(110)120-92(79-34-17-14-18-35-79)69-73-114-117(120)98-41-24-30-49-112(98)133-114/h13-77H,1-12H3. The normalized spacial score (nSPS) is 12.9. The molecular formula is C124H101BN6O2. The van der Waals surface area contributed by atoms with E-state index in [-0.39, 0.29) is 21.7 Å². The fraction of sp³-hybridized carbons (Fsp3) is 0.129. The van der Waals surface area contributed by atoms with Crippen LogP contribution >= 0.6 is 0 Å². The minimum atomic E-state index is -0.443. The van der Waals surface area contributed by atoms with Crippen molar-refractivity contribution in [3.05, 3.63) is 417 Å². The molecule has 0 radical (unpaired) electrons. The number of para-hydroxylation sites is 6. The zero-order valence-corrected chi connectivity index (χ0v) is 77.1. The maximum absolute atomic E-state index is 7.34. The predicted molar refractivity (Wildman–Crippen MR) is 564 cm³/mol. The molecule has 0 spiro atoms. The fourth-order valence-electron chi connectivity index (χ4n) is 21.5. The average molecular weight is 1720 g/mol. The summed E-state index contributed by atoms with van der Waals surface area (Å²) in [7, 11) is 0. The maximum Gasteiger partial charge on any atom is 0.252 e. The lowest BCUT2D eigenvalue weighted by molar-refractivity contribution is 0.590. The quantitative estimate of drug-likeness (QED) is 0.107. The van der Waals surface area contributed by atoms with Crippen LogP contribution in [0.3, 0.4) is 0 Å². The summed E-state index contributed by atoms with van der Waals surface area (Å²) in [5.74, 6) is 0. The van der Waals surface area contributed by atoms with E-state index >= 15 is 0 Å². The maximum atomic E-state index is 7.34. The molecule has 0 unspecified atom stereocenters. The third kappa shape index (κ3) is 13.2. The summed E-state index contributed by atoms with van der Waals surface area (Å²) in [6.45, 7) is 27.2. The molecule has 0 saturated heterocycles. The number of anilines is 12. The van der Waals surface area contributed by atoms with Crippen LogP contribution in [-0.4, -0.2) is 15.8 Å². The molecular weight excluding hydrogens is 1620 g/mol. The minimum absolute atomic E-state index is 0.0969. The molecule has 133 heavy (non-hydrogen) atoms. The van der Waals surface area contributed by atoms with Gasteiger partial charge in [-0.3, -0.25) is 0 Å². The van der Waals surface area contributed by atoms with Gasteiger partial charge in [-0.15, -0.1) is 0 Å². The van der Waals surface area contributed by atoms with Gasteiger partial charge in [-0.1, -0.05) is 320 Å². The van der Waals surface area contributed by atoms with Crippen molar-refractivity contribution in [2.75, 3.05) is 19.6 Å². The van der Waals surface area contributed by atoms with Gasteiger partial charge in [0.15, 0.2) is 0 Å². The molecule has 0 saturated carbocycles. The number of rotatable bonds is 13. The number of nitrogens with zero attached hydrogens (tertiary/aromatic N) is 6. The predicted octanol–water partition coefficient (Wildman–Crippen LogP) is 32.9. The van der Waals surface area contributed by atoms with E-state index in [9.17, 15) is 0 Å². The van der Waals surface area contributed by atoms with Gasteiger partial charge in [0.2, 0.25) is 0 Å². The van der Waals surface area contributed by atoms with E-state index in [1.165, 1.54) is 43.8 Å². The molecule has 0 aliphatic carbocycles. The van der Waals surface area contributed by atoms with Crippen molar-refractivity contribution in [2.45, 2.75) is 105 Å². The lowest BCUT2D eigenvalue weighted by Gasteiger charge is -2.46. The Kier molecular flexibility index (Phi) is 18.5. The summed E-state index contributed by atoms with van der Waals surface area (Å²) in [5.41, 5.74) is 36.1. The Labute approximate surface area is 777 Å². The first-order valence-electron chi connectivity index (χ1n) is 46.7. The highest BCUT2D eigenvalue weighted by Crippen LogP contribution is 2.58. The van der Waals surface area contributed by atoms with Crippen molar-refractivity contribution < 1.29 is 8.83 Å². The van der Waals surface area contributed by atoms with Gasteiger partial charge in [-0.05, 0) is 235 Å². The van der Waals surface area contributed by atoms with Crippen LogP contribution in [0, 0.1) is 0 Å². The van der Waals surface area contributed by atoms with Gasteiger partial charge < -0.3 is 37.6 Å². The smallest absolute Gasteiger partial charge is 0.252 e. The number of hydrogen-bond acceptors (Lipinski definition) is 6. The first-order chi connectivity index (χ1) is 64.5. The molecule has 18 aromatic carbocycles. The van der Waals surface area contributed by atoms with Gasteiger partial charge in [-0.25, -0.2) is 0 Å². The molecule has 4 aromatic heterocycles. The molecule has 0 atom stereocenters. The summed E-state index contributed by atoms with van der Waals surface area (Å²) < 4.78 is 19.8. The summed E-state index contributed by atoms with van der Waals surface area (Å²) in [6.07, 6.45) is 0. The lowest BCUT2D eigenvalue weighted by atomic mass is 9.33. The molecule has 2 aliphatic rings. The van der Waals surface area contributed by atoms with Crippen LogP contribution < -0.4 is 36.0 Å². The Balaban J connectivity index is 0.914. The number of fused-ring (bicyclic) bond motifs is 16. The summed E-state index contributed by atoms with van der Waals surface area (Å²) >= 11 is 0. The Hall–Kier alpha value is -15.6. The SMILES string of the molecule is CC(C)(C)c1ccc(N(c2ccc(C(C)(C)C)cc2)c2ccc3c(c2)N(c2c(-c4ccccc4)ccc4oc5ccccc5c24)c2cc(-c4c(-n5c6ccccc6c6ccccc65)cccc4-n4c5ccccc5c5ccccc54)cc4c2B3c2ccc(N(c3ccc(C(C)(C)C)cc3)c3ccc(C(C)(C)C)cc3)cc2N4c2c(-c3ccccc3)ccc3oc4ccccc4c23)cc1. The second-order valence-corrected chi connectivity index (χ2v) is 40.4. The largest absolute Gasteiger partial charge is 0.456 e. The Morgan fingerprint density at radius 1 is 0.233 bits per heavy atom. The molecule has 9 heteroatoms. The average Bonchev–Trinajstić information content (AvgIpc) is 1.49. The molecule has 0 amide bonds. The molecule has 2 aliphatic heterocycles. The Bertz CT molecular complexity index is 7710. The zero-order chi connectivity index (χ0) is 90.2. The van der Waals surface area contributed by atoms with E-state index in [1.807, 2.05) is 0 Å². The number of benzene rings is 18. The molecule has 0 bridgehead atoms. The number of aromatic nitrogens is 2. The fourth-order valence-corrected chi connectivity index (χ4v) is 21.5.